The molecule has 0 spiro atoms. The molecule has 0 atom stereocenters. The summed E-state index contributed by atoms with van der Waals surface area (Å²) in [5.74, 6) is 0. The third-order valence-corrected chi connectivity index (χ3v) is 3.81. The lowest BCUT2D eigenvalue weighted by atomic mass is 10.1. The second kappa shape index (κ2) is 5.59. The zero-order valence-corrected chi connectivity index (χ0v) is 12.9. The largest absolute Gasteiger partial charge is 0.346 e. The SMILES string of the molecule is Cc1nn(Cc2ccc(C#N)cc2)nc1-c1ncnc2[nH]ccc12. The number of nitrogens with one attached hydrogen (secondary N) is 1. The summed E-state index contributed by atoms with van der Waals surface area (Å²) in [6, 6.07) is 11.4. The minimum Gasteiger partial charge on any atom is -0.346 e. The van der Waals surface area contributed by atoms with Gasteiger partial charge in [-0.3, -0.25) is 0 Å². The van der Waals surface area contributed by atoms with Crippen molar-refractivity contribution in [3.05, 3.63) is 59.7 Å². The third-order valence-electron chi connectivity index (χ3n) is 3.81. The van der Waals surface area contributed by atoms with Gasteiger partial charge in [0.1, 0.15) is 23.4 Å². The molecule has 0 bridgehead atoms. The molecule has 1 N–H and O–H groups in total. The van der Waals surface area contributed by atoms with Crippen molar-refractivity contribution in [3.8, 4) is 17.5 Å². The molecule has 7 heteroatoms. The van der Waals surface area contributed by atoms with Gasteiger partial charge in [0.15, 0.2) is 0 Å². The molecule has 4 aromatic rings. The van der Waals surface area contributed by atoms with Gasteiger partial charge < -0.3 is 4.98 Å². The Balaban J connectivity index is 1.69. The van der Waals surface area contributed by atoms with Gasteiger partial charge >= 0.3 is 0 Å². The molecular weight excluding hydrogens is 302 g/mol. The summed E-state index contributed by atoms with van der Waals surface area (Å²) >= 11 is 0. The first-order valence-corrected chi connectivity index (χ1v) is 7.44. The van der Waals surface area contributed by atoms with Crippen molar-refractivity contribution in [3.63, 3.8) is 0 Å². The maximum atomic E-state index is 8.86. The van der Waals surface area contributed by atoms with Crippen molar-refractivity contribution in [2.45, 2.75) is 13.5 Å². The van der Waals surface area contributed by atoms with Crippen LogP contribution in [0.15, 0.2) is 42.9 Å². The van der Waals surface area contributed by atoms with Gasteiger partial charge in [-0.15, -0.1) is 0 Å². The fourth-order valence-corrected chi connectivity index (χ4v) is 2.63. The monoisotopic (exact) mass is 315 g/mol. The van der Waals surface area contributed by atoms with E-state index in [4.69, 9.17) is 5.26 Å². The van der Waals surface area contributed by atoms with Gasteiger partial charge in [0.25, 0.3) is 0 Å². The molecule has 1 aromatic carbocycles. The Bertz CT molecular complexity index is 1050. The number of aryl methyl sites for hydroxylation is 1. The molecule has 0 saturated heterocycles. The highest BCUT2D eigenvalue weighted by Gasteiger charge is 2.15. The molecule has 0 unspecified atom stereocenters. The fourth-order valence-electron chi connectivity index (χ4n) is 2.63. The van der Waals surface area contributed by atoms with E-state index in [9.17, 15) is 0 Å². The van der Waals surface area contributed by atoms with E-state index in [1.165, 1.54) is 6.33 Å². The number of nitriles is 1. The van der Waals surface area contributed by atoms with Crippen molar-refractivity contribution in [2.24, 2.45) is 0 Å². The van der Waals surface area contributed by atoms with E-state index in [0.29, 0.717) is 12.1 Å². The van der Waals surface area contributed by atoms with Gasteiger partial charge in [-0.25, -0.2) is 9.97 Å². The van der Waals surface area contributed by atoms with Crippen LogP contribution < -0.4 is 0 Å². The average Bonchev–Trinajstić information content (AvgIpc) is 3.22. The van der Waals surface area contributed by atoms with Gasteiger partial charge in [0, 0.05) is 11.6 Å². The Labute approximate surface area is 137 Å². The Hall–Kier alpha value is -3.53. The Morgan fingerprint density at radius 1 is 1.08 bits per heavy atom. The highest BCUT2D eigenvalue weighted by atomic mass is 15.5. The molecule has 3 heterocycles. The summed E-state index contributed by atoms with van der Waals surface area (Å²) in [5.41, 5.74) is 4.77. The molecule has 3 aromatic heterocycles. The summed E-state index contributed by atoms with van der Waals surface area (Å²) in [5, 5.41) is 18.9. The van der Waals surface area contributed by atoms with Crippen molar-refractivity contribution < 1.29 is 0 Å². The summed E-state index contributed by atoms with van der Waals surface area (Å²) in [7, 11) is 0. The second-order valence-electron chi connectivity index (χ2n) is 5.44. The zero-order valence-electron chi connectivity index (χ0n) is 12.9. The number of H-pyrrole nitrogens is 1. The zero-order chi connectivity index (χ0) is 16.5. The van der Waals surface area contributed by atoms with Gasteiger partial charge in [-0.05, 0) is 30.7 Å². The molecule has 0 fully saturated rings. The van der Waals surface area contributed by atoms with Gasteiger partial charge in [0.2, 0.25) is 0 Å². The molecule has 24 heavy (non-hydrogen) atoms. The van der Waals surface area contributed by atoms with Crippen LogP contribution in [-0.4, -0.2) is 29.9 Å². The smallest absolute Gasteiger partial charge is 0.141 e. The number of hydrogen-bond donors (Lipinski definition) is 1. The van der Waals surface area contributed by atoms with E-state index in [-0.39, 0.29) is 0 Å². The van der Waals surface area contributed by atoms with Gasteiger partial charge in [-0.1, -0.05) is 12.1 Å². The fraction of sp³-hybridized carbons (Fsp3) is 0.118. The standard InChI is InChI=1S/C17H13N7/c1-11-15(16-14-6-7-19-17(14)21-10-20-16)23-24(22-11)9-13-4-2-12(8-18)3-5-13/h2-7,10H,9H2,1H3,(H,19,20,21). The minimum absolute atomic E-state index is 0.536. The molecule has 0 aliphatic carbocycles. The minimum atomic E-state index is 0.536. The van der Waals surface area contributed by atoms with Crippen LogP contribution in [0.5, 0.6) is 0 Å². The molecule has 116 valence electrons. The highest BCUT2D eigenvalue weighted by Crippen LogP contribution is 2.24. The van der Waals surface area contributed by atoms with Crippen LogP contribution in [0.25, 0.3) is 22.4 Å². The predicted molar refractivity (Wildman–Crippen MR) is 87.9 cm³/mol. The van der Waals surface area contributed by atoms with Crippen molar-refractivity contribution in [1.29, 1.82) is 5.26 Å². The van der Waals surface area contributed by atoms with Crippen molar-refractivity contribution in [2.75, 3.05) is 0 Å². The molecule has 7 nitrogen and oxygen atoms in total. The summed E-state index contributed by atoms with van der Waals surface area (Å²) < 4.78 is 0. The van der Waals surface area contributed by atoms with Crippen LogP contribution in [0.3, 0.4) is 0 Å². The van der Waals surface area contributed by atoms with Gasteiger partial charge in [0.05, 0.1) is 23.9 Å². The van der Waals surface area contributed by atoms with Crippen LogP contribution >= 0.6 is 0 Å². The van der Waals surface area contributed by atoms with E-state index < -0.39 is 0 Å². The first-order valence-electron chi connectivity index (χ1n) is 7.44. The highest BCUT2D eigenvalue weighted by molar-refractivity contribution is 5.89. The number of aromatic nitrogens is 6. The maximum absolute atomic E-state index is 8.86. The van der Waals surface area contributed by atoms with E-state index in [2.05, 4.69) is 31.2 Å². The number of aromatic amines is 1. The lowest BCUT2D eigenvalue weighted by molar-refractivity contribution is 0.589. The summed E-state index contributed by atoms with van der Waals surface area (Å²) in [6.07, 6.45) is 3.35. The first-order chi connectivity index (χ1) is 11.7. The molecule has 0 radical (unpaired) electrons. The lowest BCUT2D eigenvalue weighted by Crippen LogP contribution is -2.04. The number of fused-ring (bicyclic) bond motifs is 1. The first kappa shape index (κ1) is 14.1. The molecule has 0 saturated carbocycles. The quantitative estimate of drug-likeness (QED) is 0.626. The van der Waals surface area contributed by atoms with E-state index in [1.54, 1.807) is 16.9 Å². The second-order valence-corrected chi connectivity index (χ2v) is 5.44. The summed E-state index contributed by atoms with van der Waals surface area (Å²) in [6.45, 7) is 2.45. The molecular formula is C17H13N7. The van der Waals surface area contributed by atoms with Crippen LogP contribution in [-0.2, 0) is 6.54 Å². The molecule has 0 amide bonds. The average molecular weight is 315 g/mol. The number of benzene rings is 1. The normalized spacial score (nSPS) is 10.8. The van der Waals surface area contributed by atoms with Gasteiger partial charge in [-0.2, -0.15) is 20.3 Å². The van der Waals surface area contributed by atoms with Crippen LogP contribution in [0.2, 0.25) is 0 Å². The summed E-state index contributed by atoms with van der Waals surface area (Å²) in [4.78, 5) is 13.3. The van der Waals surface area contributed by atoms with E-state index >= 15 is 0 Å². The van der Waals surface area contributed by atoms with Crippen molar-refractivity contribution >= 4 is 11.0 Å². The molecule has 4 rings (SSSR count). The van der Waals surface area contributed by atoms with E-state index in [1.807, 2.05) is 31.3 Å². The van der Waals surface area contributed by atoms with Crippen LogP contribution in [0.1, 0.15) is 16.8 Å². The predicted octanol–water partition coefficient (Wildman–Crippen LogP) is 2.44. The molecule has 0 aliphatic heterocycles. The van der Waals surface area contributed by atoms with Crippen LogP contribution in [0, 0.1) is 18.3 Å². The topological polar surface area (TPSA) is 96.1 Å². The lowest BCUT2D eigenvalue weighted by Gasteiger charge is -2.00. The Morgan fingerprint density at radius 2 is 1.92 bits per heavy atom. The number of rotatable bonds is 3. The number of hydrogen-bond acceptors (Lipinski definition) is 5. The Morgan fingerprint density at radius 3 is 2.71 bits per heavy atom. The third kappa shape index (κ3) is 2.40. The maximum Gasteiger partial charge on any atom is 0.141 e. The van der Waals surface area contributed by atoms with Crippen LogP contribution in [0.4, 0.5) is 0 Å². The van der Waals surface area contributed by atoms with E-state index in [0.717, 1.165) is 33.7 Å². The molecule has 0 aliphatic rings. The van der Waals surface area contributed by atoms with Crippen molar-refractivity contribution in [1.82, 2.24) is 29.9 Å². The Kier molecular flexibility index (Phi) is 3.28. The number of nitrogens with zero attached hydrogens (tertiary/aromatic N) is 6.